The molecule has 8 heteroatoms. The van der Waals surface area contributed by atoms with E-state index in [1.807, 2.05) is 25.1 Å². The van der Waals surface area contributed by atoms with Gasteiger partial charge in [0.1, 0.15) is 0 Å². The summed E-state index contributed by atoms with van der Waals surface area (Å²) in [6.45, 7) is 1.90. The largest absolute Gasteiger partial charge is 0.323 e. The Morgan fingerprint density at radius 1 is 0.833 bits per heavy atom. The van der Waals surface area contributed by atoms with Gasteiger partial charge in [-0.05, 0) is 18.1 Å². The van der Waals surface area contributed by atoms with E-state index in [4.69, 9.17) is 5.73 Å². The van der Waals surface area contributed by atoms with Gasteiger partial charge in [0.05, 0.1) is 21.8 Å². The Morgan fingerprint density at radius 2 is 1.37 bits per heavy atom. The molecule has 3 rings (SSSR count). The fraction of sp³-hybridized carbons (Fsp3) is 0.136. The van der Waals surface area contributed by atoms with Crippen LogP contribution in [-0.2, 0) is 0 Å². The monoisotopic (exact) mass is 405 g/mol. The maximum absolute atomic E-state index is 13.5. The first-order chi connectivity index (χ1) is 14.3. The van der Waals surface area contributed by atoms with E-state index in [9.17, 15) is 25.0 Å². The number of nitrogens with zero attached hydrogens (tertiary/aromatic N) is 2. The predicted molar refractivity (Wildman–Crippen MR) is 111 cm³/mol. The maximum Gasteiger partial charge on any atom is 0.277 e. The number of ketones is 1. The van der Waals surface area contributed by atoms with Crippen molar-refractivity contribution in [2.24, 2.45) is 5.73 Å². The third-order valence-corrected chi connectivity index (χ3v) is 4.87. The number of hydrogen-bond acceptors (Lipinski definition) is 6. The molecule has 3 aromatic carbocycles. The summed E-state index contributed by atoms with van der Waals surface area (Å²) in [7, 11) is 0. The number of hydrogen-bond donors (Lipinski definition) is 1. The lowest BCUT2D eigenvalue weighted by molar-refractivity contribution is -0.394. The number of nitro benzene ring substituents is 2. The summed E-state index contributed by atoms with van der Waals surface area (Å²) in [5, 5.41) is 22.5. The smallest absolute Gasteiger partial charge is 0.277 e. The minimum atomic E-state index is -0.880. The lowest BCUT2D eigenvalue weighted by Gasteiger charge is -2.24. The van der Waals surface area contributed by atoms with Crippen LogP contribution in [0.1, 0.15) is 39.0 Å². The molecule has 2 unspecified atom stereocenters. The van der Waals surface area contributed by atoms with Crippen LogP contribution in [0.4, 0.5) is 11.4 Å². The number of non-ortho nitro benzene ring substituents is 2. The summed E-state index contributed by atoms with van der Waals surface area (Å²) in [6, 6.07) is 18.4. The van der Waals surface area contributed by atoms with Gasteiger partial charge >= 0.3 is 0 Å². The zero-order valence-corrected chi connectivity index (χ0v) is 16.1. The highest BCUT2D eigenvalue weighted by atomic mass is 16.6. The minimum Gasteiger partial charge on any atom is -0.323 e. The Labute approximate surface area is 172 Å². The molecule has 30 heavy (non-hydrogen) atoms. The Kier molecular flexibility index (Phi) is 5.98. The number of benzene rings is 3. The van der Waals surface area contributed by atoms with E-state index in [2.05, 4.69) is 0 Å². The highest BCUT2D eigenvalue weighted by molar-refractivity contribution is 6.02. The third kappa shape index (κ3) is 4.39. The van der Waals surface area contributed by atoms with Gasteiger partial charge in [-0.2, -0.15) is 0 Å². The fourth-order valence-corrected chi connectivity index (χ4v) is 3.29. The van der Waals surface area contributed by atoms with Crippen LogP contribution in [0.5, 0.6) is 0 Å². The van der Waals surface area contributed by atoms with Crippen molar-refractivity contribution in [3.8, 4) is 0 Å². The van der Waals surface area contributed by atoms with Crippen LogP contribution < -0.4 is 5.73 Å². The molecule has 0 fully saturated rings. The fourth-order valence-electron chi connectivity index (χ4n) is 3.29. The second kappa shape index (κ2) is 8.62. The molecule has 8 nitrogen and oxygen atoms in total. The Morgan fingerprint density at radius 3 is 1.87 bits per heavy atom. The SMILES string of the molecule is Cc1ccc(C(C(=O)c2cc([N+](=O)[O-])cc([N+](=O)[O-])c2)C(N)c2ccccc2)cc1. The first-order valence-electron chi connectivity index (χ1n) is 9.13. The Balaban J connectivity index is 2.14. The van der Waals surface area contributed by atoms with Gasteiger partial charge < -0.3 is 5.73 Å². The molecule has 0 aliphatic rings. The summed E-state index contributed by atoms with van der Waals surface area (Å²) in [5.41, 5.74) is 7.59. The topological polar surface area (TPSA) is 129 Å². The zero-order valence-electron chi connectivity index (χ0n) is 16.1. The van der Waals surface area contributed by atoms with E-state index in [1.165, 1.54) is 0 Å². The summed E-state index contributed by atoms with van der Waals surface area (Å²) in [6.07, 6.45) is 0. The molecule has 2 atom stereocenters. The molecule has 2 N–H and O–H groups in total. The van der Waals surface area contributed by atoms with Gasteiger partial charge in [0.15, 0.2) is 5.78 Å². The summed E-state index contributed by atoms with van der Waals surface area (Å²) < 4.78 is 0. The van der Waals surface area contributed by atoms with Crippen LogP contribution in [0.15, 0.2) is 72.8 Å². The molecular weight excluding hydrogens is 386 g/mol. The van der Waals surface area contributed by atoms with Crippen molar-refractivity contribution in [1.29, 1.82) is 0 Å². The predicted octanol–water partition coefficient (Wildman–Crippen LogP) is 4.48. The van der Waals surface area contributed by atoms with Crippen molar-refractivity contribution in [3.63, 3.8) is 0 Å². The van der Waals surface area contributed by atoms with Crippen LogP contribution in [0.3, 0.4) is 0 Å². The number of carbonyl (C=O) groups excluding carboxylic acids is 1. The molecule has 0 amide bonds. The molecule has 0 aliphatic carbocycles. The molecule has 0 aromatic heterocycles. The van der Waals surface area contributed by atoms with Crippen LogP contribution in [-0.4, -0.2) is 15.6 Å². The van der Waals surface area contributed by atoms with E-state index in [-0.39, 0.29) is 5.56 Å². The molecule has 0 aliphatic heterocycles. The summed E-state index contributed by atoms with van der Waals surface area (Å²) in [4.78, 5) is 34.4. The van der Waals surface area contributed by atoms with Crippen molar-refractivity contribution in [2.75, 3.05) is 0 Å². The van der Waals surface area contributed by atoms with Crippen LogP contribution in [0.2, 0.25) is 0 Å². The molecule has 0 heterocycles. The first-order valence-corrected chi connectivity index (χ1v) is 9.13. The van der Waals surface area contributed by atoms with Crippen LogP contribution in [0.25, 0.3) is 0 Å². The number of Topliss-reactive ketones (excluding diaryl/α,β-unsaturated/α-hetero) is 1. The molecule has 0 bridgehead atoms. The van der Waals surface area contributed by atoms with Gasteiger partial charge in [-0.25, -0.2) is 0 Å². The van der Waals surface area contributed by atoms with E-state index in [1.54, 1.807) is 36.4 Å². The number of aryl methyl sites for hydroxylation is 1. The normalized spacial score (nSPS) is 12.7. The Bertz CT molecular complexity index is 1070. The highest BCUT2D eigenvalue weighted by Gasteiger charge is 2.31. The second-order valence-corrected chi connectivity index (χ2v) is 6.94. The minimum absolute atomic E-state index is 0.132. The zero-order chi connectivity index (χ0) is 21.8. The van der Waals surface area contributed by atoms with Gasteiger partial charge in [0.2, 0.25) is 0 Å². The molecule has 0 spiro atoms. The second-order valence-electron chi connectivity index (χ2n) is 6.94. The van der Waals surface area contributed by atoms with E-state index in [0.29, 0.717) is 11.1 Å². The molecule has 0 radical (unpaired) electrons. The Hall–Kier alpha value is -3.91. The van der Waals surface area contributed by atoms with Gasteiger partial charge in [0.25, 0.3) is 11.4 Å². The van der Waals surface area contributed by atoms with E-state index < -0.39 is 39.0 Å². The summed E-state index contributed by atoms with van der Waals surface area (Å²) in [5.74, 6) is -1.41. The molecule has 152 valence electrons. The average molecular weight is 405 g/mol. The van der Waals surface area contributed by atoms with E-state index >= 15 is 0 Å². The van der Waals surface area contributed by atoms with Gasteiger partial charge in [-0.1, -0.05) is 60.2 Å². The van der Waals surface area contributed by atoms with Crippen molar-refractivity contribution < 1.29 is 14.6 Å². The standard InChI is InChI=1S/C22H19N3O5/c1-14-7-9-15(10-8-14)20(21(23)16-5-3-2-4-6-16)22(26)17-11-18(24(27)28)13-19(12-17)25(29)30/h2-13,20-21H,23H2,1H3. The number of nitro groups is 2. The lowest BCUT2D eigenvalue weighted by atomic mass is 9.81. The lowest BCUT2D eigenvalue weighted by Crippen LogP contribution is -2.27. The van der Waals surface area contributed by atoms with Crippen molar-refractivity contribution in [3.05, 3.63) is 115 Å². The van der Waals surface area contributed by atoms with Crippen LogP contribution in [0, 0.1) is 27.2 Å². The first kappa shape index (κ1) is 20.8. The molecule has 3 aromatic rings. The number of nitrogens with two attached hydrogens (primary N) is 1. The summed E-state index contributed by atoms with van der Waals surface area (Å²) >= 11 is 0. The highest BCUT2D eigenvalue weighted by Crippen LogP contribution is 2.34. The van der Waals surface area contributed by atoms with Gasteiger partial charge in [0, 0.05) is 23.7 Å². The number of rotatable bonds is 7. The van der Waals surface area contributed by atoms with Gasteiger partial charge in [-0.3, -0.25) is 25.0 Å². The van der Waals surface area contributed by atoms with Crippen molar-refractivity contribution in [2.45, 2.75) is 18.9 Å². The molecular formula is C22H19N3O5. The van der Waals surface area contributed by atoms with E-state index in [0.717, 1.165) is 23.8 Å². The average Bonchev–Trinajstić information content (AvgIpc) is 2.75. The van der Waals surface area contributed by atoms with Crippen molar-refractivity contribution >= 4 is 17.2 Å². The quantitative estimate of drug-likeness (QED) is 0.350. The van der Waals surface area contributed by atoms with Crippen LogP contribution >= 0.6 is 0 Å². The maximum atomic E-state index is 13.5. The molecule has 0 saturated heterocycles. The molecule has 0 saturated carbocycles. The van der Waals surface area contributed by atoms with Gasteiger partial charge in [-0.15, -0.1) is 0 Å². The number of carbonyl (C=O) groups is 1. The third-order valence-electron chi connectivity index (χ3n) is 4.87. The van der Waals surface area contributed by atoms with Crippen molar-refractivity contribution in [1.82, 2.24) is 0 Å².